The molecule has 0 aliphatic carbocycles. The fourth-order valence-corrected chi connectivity index (χ4v) is 0.859. The Bertz CT molecular complexity index is 336. The monoisotopic (exact) mass is 178 g/mol. The van der Waals surface area contributed by atoms with Gasteiger partial charge in [0.05, 0.1) is 12.5 Å². The van der Waals surface area contributed by atoms with Gasteiger partial charge in [-0.2, -0.15) is 10.4 Å². The molecule has 1 aromatic heterocycles. The summed E-state index contributed by atoms with van der Waals surface area (Å²) in [4.78, 5) is 11.2. The van der Waals surface area contributed by atoms with Gasteiger partial charge in [-0.05, 0) is 6.07 Å². The molecular weight excluding hydrogens is 168 g/mol. The van der Waals surface area contributed by atoms with E-state index in [0.717, 1.165) is 0 Å². The molecular formula is C8H10N4O. The highest BCUT2D eigenvalue weighted by molar-refractivity contribution is 5.92. The maximum atomic E-state index is 11.2. The Morgan fingerprint density at radius 2 is 2.62 bits per heavy atom. The highest BCUT2D eigenvalue weighted by Crippen LogP contribution is 1.92. The van der Waals surface area contributed by atoms with Crippen LogP contribution in [0.1, 0.15) is 16.9 Å². The molecule has 5 heteroatoms. The number of aromatic nitrogens is 2. The topological polar surface area (TPSA) is 70.7 Å². The van der Waals surface area contributed by atoms with Gasteiger partial charge in [0.1, 0.15) is 5.69 Å². The van der Waals surface area contributed by atoms with Crippen LogP contribution >= 0.6 is 0 Å². The predicted octanol–water partition coefficient (Wildman–Crippen LogP) is 0.0636. The van der Waals surface area contributed by atoms with Gasteiger partial charge in [0.25, 0.3) is 5.91 Å². The van der Waals surface area contributed by atoms with E-state index in [0.29, 0.717) is 18.7 Å². The van der Waals surface area contributed by atoms with Crippen molar-refractivity contribution in [3.8, 4) is 6.07 Å². The Labute approximate surface area is 76.0 Å². The van der Waals surface area contributed by atoms with E-state index < -0.39 is 0 Å². The fraction of sp³-hybridized carbons (Fsp3) is 0.375. The smallest absolute Gasteiger partial charge is 0.271 e. The second kappa shape index (κ2) is 4.26. The van der Waals surface area contributed by atoms with E-state index in [1.54, 1.807) is 24.0 Å². The third kappa shape index (κ3) is 2.60. The second-order valence-electron chi connectivity index (χ2n) is 2.54. The number of carbonyl (C=O) groups is 1. The number of aryl methyl sites for hydroxylation is 1. The normalized spacial score (nSPS) is 9.23. The van der Waals surface area contributed by atoms with Crippen molar-refractivity contribution >= 4 is 5.91 Å². The van der Waals surface area contributed by atoms with Crippen molar-refractivity contribution < 1.29 is 4.79 Å². The van der Waals surface area contributed by atoms with E-state index in [-0.39, 0.29) is 5.91 Å². The van der Waals surface area contributed by atoms with Crippen LogP contribution in [0.15, 0.2) is 12.3 Å². The lowest BCUT2D eigenvalue weighted by Crippen LogP contribution is -2.24. The Balaban J connectivity index is 2.45. The summed E-state index contributed by atoms with van der Waals surface area (Å²) in [6, 6.07) is 3.57. The summed E-state index contributed by atoms with van der Waals surface area (Å²) in [6.07, 6.45) is 2.01. The highest BCUT2D eigenvalue weighted by atomic mass is 16.1. The molecule has 0 spiro atoms. The van der Waals surface area contributed by atoms with Crippen LogP contribution < -0.4 is 5.32 Å². The molecule has 0 aromatic carbocycles. The number of nitrogens with one attached hydrogen (secondary N) is 1. The van der Waals surface area contributed by atoms with E-state index in [1.807, 2.05) is 6.07 Å². The molecule has 5 nitrogen and oxygen atoms in total. The Kier molecular flexibility index (Phi) is 3.03. The van der Waals surface area contributed by atoms with E-state index >= 15 is 0 Å². The molecule has 0 saturated carbocycles. The average molecular weight is 178 g/mol. The molecule has 1 rings (SSSR count). The minimum Gasteiger partial charge on any atom is -0.350 e. The van der Waals surface area contributed by atoms with Crippen LogP contribution in [0.4, 0.5) is 0 Å². The Hall–Kier alpha value is -1.83. The van der Waals surface area contributed by atoms with Crippen LogP contribution in [0.2, 0.25) is 0 Å². The SMILES string of the molecule is Cn1ccc(C(=O)NCCC#N)n1. The molecule has 1 N–H and O–H groups in total. The second-order valence-corrected chi connectivity index (χ2v) is 2.54. The van der Waals surface area contributed by atoms with Crippen LogP contribution in [0.5, 0.6) is 0 Å². The standard InChI is InChI=1S/C8H10N4O/c1-12-6-3-7(11-12)8(13)10-5-2-4-9/h3,6H,2,5H2,1H3,(H,10,13). The van der Waals surface area contributed by atoms with Crippen molar-refractivity contribution in [3.05, 3.63) is 18.0 Å². The molecule has 1 amide bonds. The van der Waals surface area contributed by atoms with Crippen molar-refractivity contribution in [1.29, 1.82) is 5.26 Å². The molecule has 13 heavy (non-hydrogen) atoms. The molecule has 0 saturated heterocycles. The quantitative estimate of drug-likeness (QED) is 0.665. The van der Waals surface area contributed by atoms with Gasteiger partial charge in [-0.1, -0.05) is 0 Å². The van der Waals surface area contributed by atoms with Gasteiger partial charge >= 0.3 is 0 Å². The van der Waals surface area contributed by atoms with Crippen LogP contribution in [-0.4, -0.2) is 22.2 Å². The van der Waals surface area contributed by atoms with E-state index in [4.69, 9.17) is 5.26 Å². The first kappa shape index (κ1) is 9.26. The summed E-state index contributed by atoms with van der Waals surface area (Å²) in [7, 11) is 1.74. The zero-order chi connectivity index (χ0) is 9.68. The first-order chi connectivity index (χ1) is 6.24. The molecule has 0 radical (unpaired) electrons. The zero-order valence-electron chi connectivity index (χ0n) is 7.32. The highest BCUT2D eigenvalue weighted by Gasteiger charge is 2.06. The maximum absolute atomic E-state index is 11.2. The maximum Gasteiger partial charge on any atom is 0.271 e. The summed E-state index contributed by atoms with van der Waals surface area (Å²) in [5.74, 6) is -0.240. The third-order valence-corrected chi connectivity index (χ3v) is 1.47. The third-order valence-electron chi connectivity index (χ3n) is 1.47. The summed E-state index contributed by atoms with van der Waals surface area (Å²) < 4.78 is 1.55. The van der Waals surface area contributed by atoms with Gasteiger partial charge in [-0.3, -0.25) is 9.48 Å². The number of nitriles is 1. The molecule has 0 aliphatic rings. The van der Waals surface area contributed by atoms with Crippen molar-refractivity contribution in [3.63, 3.8) is 0 Å². The molecule has 1 heterocycles. The minimum atomic E-state index is -0.240. The van der Waals surface area contributed by atoms with E-state index in [1.165, 1.54) is 0 Å². The van der Waals surface area contributed by atoms with Gasteiger partial charge in [0.15, 0.2) is 0 Å². The predicted molar refractivity (Wildman–Crippen MR) is 45.8 cm³/mol. The molecule has 68 valence electrons. The van der Waals surface area contributed by atoms with Crippen LogP contribution in [0, 0.1) is 11.3 Å². The average Bonchev–Trinajstić information content (AvgIpc) is 2.52. The van der Waals surface area contributed by atoms with Crippen LogP contribution in [-0.2, 0) is 7.05 Å². The largest absolute Gasteiger partial charge is 0.350 e. The van der Waals surface area contributed by atoms with Crippen molar-refractivity contribution in [1.82, 2.24) is 15.1 Å². The number of hydrogen-bond donors (Lipinski definition) is 1. The van der Waals surface area contributed by atoms with Gasteiger partial charge in [0.2, 0.25) is 0 Å². The summed E-state index contributed by atoms with van der Waals surface area (Å²) in [6.45, 7) is 0.367. The first-order valence-electron chi connectivity index (χ1n) is 3.89. The molecule has 0 bridgehead atoms. The number of rotatable bonds is 3. The number of nitrogens with zero attached hydrogens (tertiary/aromatic N) is 3. The minimum absolute atomic E-state index is 0.240. The van der Waals surface area contributed by atoms with Crippen LogP contribution in [0.3, 0.4) is 0 Å². The Morgan fingerprint density at radius 1 is 1.85 bits per heavy atom. The van der Waals surface area contributed by atoms with Crippen molar-refractivity contribution in [2.75, 3.05) is 6.54 Å². The summed E-state index contributed by atoms with van der Waals surface area (Å²) in [5, 5.41) is 14.7. The summed E-state index contributed by atoms with van der Waals surface area (Å²) in [5.41, 5.74) is 0.375. The Morgan fingerprint density at radius 3 is 3.15 bits per heavy atom. The van der Waals surface area contributed by atoms with Crippen molar-refractivity contribution in [2.45, 2.75) is 6.42 Å². The van der Waals surface area contributed by atoms with Gasteiger partial charge in [-0.15, -0.1) is 0 Å². The zero-order valence-corrected chi connectivity index (χ0v) is 7.32. The first-order valence-corrected chi connectivity index (χ1v) is 3.89. The van der Waals surface area contributed by atoms with Gasteiger partial charge in [-0.25, -0.2) is 0 Å². The molecule has 0 unspecified atom stereocenters. The van der Waals surface area contributed by atoms with E-state index in [2.05, 4.69) is 10.4 Å². The lowest BCUT2D eigenvalue weighted by Gasteiger charge is -1.97. The van der Waals surface area contributed by atoms with Crippen molar-refractivity contribution in [2.24, 2.45) is 7.05 Å². The number of hydrogen-bond acceptors (Lipinski definition) is 3. The summed E-state index contributed by atoms with van der Waals surface area (Å²) >= 11 is 0. The molecule has 0 aliphatic heterocycles. The van der Waals surface area contributed by atoms with E-state index in [9.17, 15) is 4.79 Å². The fourth-order valence-electron chi connectivity index (χ4n) is 0.859. The van der Waals surface area contributed by atoms with Crippen LogP contribution in [0.25, 0.3) is 0 Å². The molecule has 0 atom stereocenters. The number of carbonyl (C=O) groups excluding carboxylic acids is 1. The lowest BCUT2D eigenvalue weighted by atomic mass is 10.4. The van der Waals surface area contributed by atoms with Gasteiger partial charge < -0.3 is 5.32 Å². The lowest BCUT2D eigenvalue weighted by molar-refractivity contribution is 0.0949. The number of amides is 1. The van der Waals surface area contributed by atoms with Gasteiger partial charge in [0, 0.05) is 19.8 Å². The molecule has 0 fully saturated rings. The molecule has 1 aromatic rings.